The first-order valence-corrected chi connectivity index (χ1v) is 6.15. The van der Waals surface area contributed by atoms with Crippen molar-refractivity contribution in [3.8, 4) is 0 Å². The number of nitrogens with zero attached hydrogens (tertiary/aromatic N) is 1. The molecule has 2 aromatic rings. The third-order valence-corrected chi connectivity index (χ3v) is 3.48. The molecule has 2 rings (SSSR count). The van der Waals surface area contributed by atoms with E-state index in [9.17, 15) is 9.18 Å². The molecule has 0 saturated heterocycles. The van der Waals surface area contributed by atoms with E-state index >= 15 is 0 Å². The van der Waals surface area contributed by atoms with Gasteiger partial charge in [-0.15, -0.1) is 11.3 Å². The van der Waals surface area contributed by atoms with Gasteiger partial charge in [-0.05, 0) is 25.1 Å². The van der Waals surface area contributed by atoms with Gasteiger partial charge in [0.25, 0.3) is 5.91 Å². The minimum absolute atomic E-state index is 0.296. The average Bonchev–Trinajstić information content (AvgIpc) is 2.70. The number of anilines is 1. The maximum Gasteiger partial charge on any atom is 0.267 e. The van der Waals surface area contributed by atoms with Crippen molar-refractivity contribution < 1.29 is 9.18 Å². The number of thiazole rings is 1. The Morgan fingerprint density at radius 1 is 1.56 bits per heavy atom. The Kier molecular flexibility index (Phi) is 3.69. The van der Waals surface area contributed by atoms with Crippen LogP contribution in [-0.4, -0.2) is 10.9 Å². The number of aryl methyl sites for hydroxylation is 1. The second-order valence-electron chi connectivity index (χ2n) is 3.69. The lowest BCUT2D eigenvalue weighted by atomic mass is 10.3. The zero-order valence-corrected chi connectivity index (χ0v) is 10.6. The van der Waals surface area contributed by atoms with Crippen LogP contribution in [0.25, 0.3) is 0 Å². The molecule has 0 spiro atoms. The molecule has 0 unspecified atom stereocenters. The lowest BCUT2D eigenvalue weighted by molar-refractivity contribution is 0.103. The fraction of sp³-hybridized carbons (Fsp3) is 0.167. The van der Waals surface area contributed by atoms with Gasteiger partial charge in [-0.1, -0.05) is 6.07 Å². The van der Waals surface area contributed by atoms with Gasteiger partial charge in [-0.3, -0.25) is 4.79 Å². The molecule has 0 aliphatic heterocycles. The first kappa shape index (κ1) is 12.7. The molecule has 94 valence electrons. The standard InChI is InChI=1S/C12H12FN3OS/c1-7-11(18-10(6-14)15-7)12(17)16-9-4-2-3-8(13)5-9/h2-5H,6,14H2,1H3,(H,16,17). The van der Waals surface area contributed by atoms with Crippen LogP contribution in [0.2, 0.25) is 0 Å². The van der Waals surface area contributed by atoms with E-state index in [0.29, 0.717) is 27.8 Å². The number of nitrogens with two attached hydrogens (primary N) is 1. The molecule has 1 heterocycles. The van der Waals surface area contributed by atoms with Gasteiger partial charge < -0.3 is 11.1 Å². The Balaban J connectivity index is 2.19. The van der Waals surface area contributed by atoms with Gasteiger partial charge in [-0.25, -0.2) is 9.37 Å². The fourth-order valence-electron chi connectivity index (χ4n) is 1.50. The highest BCUT2D eigenvalue weighted by atomic mass is 32.1. The summed E-state index contributed by atoms with van der Waals surface area (Å²) in [5.41, 5.74) is 6.52. The molecule has 0 aliphatic rings. The van der Waals surface area contributed by atoms with Crippen LogP contribution in [0.4, 0.5) is 10.1 Å². The van der Waals surface area contributed by atoms with E-state index in [1.807, 2.05) is 0 Å². The SMILES string of the molecule is Cc1nc(CN)sc1C(=O)Nc1cccc(F)c1. The van der Waals surface area contributed by atoms with Crippen molar-refractivity contribution >= 4 is 22.9 Å². The van der Waals surface area contributed by atoms with Crippen LogP contribution >= 0.6 is 11.3 Å². The maximum absolute atomic E-state index is 13.0. The number of nitrogens with one attached hydrogen (secondary N) is 1. The molecule has 1 aromatic carbocycles. The second-order valence-corrected chi connectivity index (χ2v) is 4.77. The summed E-state index contributed by atoms with van der Waals surface area (Å²) in [6.07, 6.45) is 0. The van der Waals surface area contributed by atoms with Gasteiger partial charge >= 0.3 is 0 Å². The molecule has 0 radical (unpaired) electrons. The highest BCUT2D eigenvalue weighted by Gasteiger charge is 2.14. The Morgan fingerprint density at radius 2 is 2.33 bits per heavy atom. The number of hydrogen-bond donors (Lipinski definition) is 2. The topological polar surface area (TPSA) is 68.0 Å². The highest BCUT2D eigenvalue weighted by molar-refractivity contribution is 7.13. The smallest absolute Gasteiger partial charge is 0.267 e. The molecule has 3 N–H and O–H groups in total. The minimum Gasteiger partial charge on any atom is -0.325 e. The lowest BCUT2D eigenvalue weighted by Gasteiger charge is -2.03. The fourth-order valence-corrected chi connectivity index (χ4v) is 2.34. The molecule has 1 aromatic heterocycles. The van der Waals surface area contributed by atoms with Crippen molar-refractivity contribution in [2.45, 2.75) is 13.5 Å². The zero-order chi connectivity index (χ0) is 13.1. The Bertz CT molecular complexity index is 582. The monoisotopic (exact) mass is 265 g/mol. The summed E-state index contributed by atoms with van der Waals surface area (Å²) in [6.45, 7) is 2.05. The van der Waals surface area contributed by atoms with E-state index in [1.54, 1.807) is 13.0 Å². The van der Waals surface area contributed by atoms with Gasteiger partial charge in [0, 0.05) is 12.2 Å². The summed E-state index contributed by atoms with van der Waals surface area (Å²) in [4.78, 5) is 16.6. The third kappa shape index (κ3) is 2.72. The van der Waals surface area contributed by atoms with Gasteiger partial charge in [0.2, 0.25) is 0 Å². The van der Waals surface area contributed by atoms with Crippen LogP contribution in [0, 0.1) is 12.7 Å². The lowest BCUT2D eigenvalue weighted by Crippen LogP contribution is -2.11. The predicted molar refractivity (Wildman–Crippen MR) is 69.1 cm³/mol. The number of rotatable bonds is 3. The van der Waals surface area contributed by atoms with Crippen LogP contribution in [0.3, 0.4) is 0 Å². The number of hydrogen-bond acceptors (Lipinski definition) is 4. The van der Waals surface area contributed by atoms with Gasteiger partial charge in [-0.2, -0.15) is 0 Å². The highest BCUT2D eigenvalue weighted by Crippen LogP contribution is 2.19. The molecular formula is C12H12FN3OS. The largest absolute Gasteiger partial charge is 0.325 e. The van der Waals surface area contributed by atoms with Crippen LogP contribution in [0.1, 0.15) is 20.4 Å². The first-order chi connectivity index (χ1) is 8.60. The first-order valence-electron chi connectivity index (χ1n) is 5.33. The molecule has 0 atom stereocenters. The molecular weight excluding hydrogens is 253 g/mol. The normalized spacial score (nSPS) is 10.4. The van der Waals surface area contributed by atoms with Gasteiger partial charge in [0.15, 0.2) is 0 Å². The van der Waals surface area contributed by atoms with Crippen LogP contribution < -0.4 is 11.1 Å². The number of benzene rings is 1. The van der Waals surface area contributed by atoms with Crippen molar-refractivity contribution in [2.75, 3.05) is 5.32 Å². The van der Waals surface area contributed by atoms with E-state index in [-0.39, 0.29) is 5.91 Å². The molecule has 1 amide bonds. The maximum atomic E-state index is 13.0. The number of carbonyl (C=O) groups excluding carboxylic acids is 1. The molecule has 4 nitrogen and oxygen atoms in total. The van der Waals surface area contributed by atoms with Crippen molar-refractivity contribution in [2.24, 2.45) is 5.73 Å². The summed E-state index contributed by atoms with van der Waals surface area (Å²) in [6, 6.07) is 5.75. The number of amides is 1. The average molecular weight is 265 g/mol. The predicted octanol–water partition coefficient (Wildman–Crippen LogP) is 2.30. The van der Waals surface area contributed by atoms with Crippen LogP contribution in [0.15, 0.2) is 24.3 Å². The molecule has 0 fully saturated rings. The van der Waals surface area contributed by atoms with E-state index < -0.39 is 5.82 Å². The number of carbonyl (C=O) groups is 1. The quantitative estimate of drug-likeness (QED) is 0.894. The Hall–Kier alpha value is -1.79. The van der Waals surface area contributed by atoms with E-state index in [0.717, 1.165) is 0 Å². The number of halogens is 1. The molecule has 0 aliphatic carbocycles. The van der Waals surface area contributed by atoms with E-state index in [2.05, 4.69) is 10.3 Å². The van der Waals surface area contributed by atoms with E-state index in [4.69, 9.17) is 5.73 Å². The van der Waals surface area contributed by atoms with Gasteiger partial charge in [0.05, 0.1) is 5.69 Å². The van der Waals surface area contributed by atoms with Crippen molar-refractivity contribution in [3.63, 3.8) is 0 Å². The van der Waals surface area contributed by atoms with Gasteiger partial charge in [0.1, 0.15) is 15.7 Å². The van der Waals surface area contributed by atoms with Crippen LogP contribution in [-0.2, 0) is 6.54 Å². The molecule has 6 heteroatoms. The number of aromatic nitrogens is 1. The zero-order valence-electron chi connectivity index (χ0n) is 9.74. The Morgan fingerprint density at radius 3 is 2.94 bits per heavy atom. The van der Waals surface area contributed by atoms with Crippen molar-refractivity contribution in [1.82, 2.24) is 4.98 Å². The van der Waals surface area contributed by atoms with Crippen molar-refractivity contribution in [3.05, 3.63) is 45.7 Å². The summed E-state index contributed by atoms with van der Waals surface area (Å²) < 4.78 is 13.0. The van der Waals surface area contributed by atoms with Crippen LogP contribution in [0.5, 0.6) is 0 Å². The van der Waals surface area contributed by atoms with Crippen molar-refractivity contribution in [1.29, 1.82) is 0 Å². The Labute approximate surface area is 108 Å². The molecule has 0 bridgehead atoms. The molecule has 0 saturated carbocycles. The molecule has 18 heavy (non-hydrogen) atoms. The second kappa shape index (κ2) is 5.24. The summed E-state index contributed by atoms with van der Waals surface area (Å²) in [7, 11) is 0. The van der Waals surface area contributed by atoms with E-state index in [1.165, 1.54) is 29.5 Å². The summed E-state index contributed by atoms with van der Waals surface area (Å²) >= 11 is 1.25. The summed E-state index contributed by atoms with van der Waals surface area (Å²) in [5.74, 6) is -0.688. The third-order valence-electron chi connectivity index (χ3n) is 2.30. The minimum atomic E-state index is -0.392. The summed E-state index contributed by atoms with van der Waals surface area (Å²) in [5, 5.41) is 3.33.